The smallest absolute Gasteiger partial charge is 0.240 e. The van der Waals surface area contributed by atoms with Crippen LogP contribution in [0.25, 0.3) is 22.0 Å². The maximum Gasteiger partial charge on any atom is 0.240 e. The predicted octanol–water partition coefficient (Wildman–Crippen LogP) is 6.88. The van der Waals surface area contributed by atoms with Crippen LogP contribution in [0.1, 0.15) is 18.5 Å². The number of pyridine rings is 2. The Balaban J connectivity index is 0.00000353. The van der Waals surface area contributed by atoms with Gasteiger partial charge in [-0.15, -0.1) is 12.4 Å². The van der Waals surface area contributed by atoms with Crippen molar-refractivity contribution in [3.8, 4) is 28.7 Å². The minimum absolute atomic E-state index is 0. The number of hydrogen-bond donors (Lipinski definition) is 2. The van der Waals surface area contributed by atoms with Gasteiger partial charge in [0.15, 0.2) is 0 Å². The van der Waals surface area contributed by atoms with Crippen molar-refractivity contribution < 1.29 is 18.7 Å². The molecular formula is C32H23ClFN5O3. The molecule has 0 saturated heterocycles. The lowest BCUT2D eigenvalue weighted by Crippen LogP contribution is -2.35. The third-order valence-corrected chi connectivity index (χ3v) is 6.97. The normalized spacial score (nSPS) is 12.9. The zero-order valence-electron chi connectivity index (χ0n) is 22.0. The highest BCUT2D eigenvalue weighted by Gasteiger charge is 2.56. The van der Waals surface area contributed by atoms with Gasteiger partial charge in [0.1, 0.15) is 34.5 Å². The van der Waals surface area contributed by atoms with Gasteiger partial charge in [0.25, 0.3) is 0 Å². The minimum atomic E-state index is -1.15. The summed E-state index contributed by atoms with van der Waals surface area (Å²) in [5.74, 6) is -0.0400. The van der Waals surface area contributed by atoms with Crippen LogP contribution >= 0.6 is 12.4 Å². The maximum atomic E-state index is 13.2. The number of fused-ring (bicyclic) bond motifs is 1. The van der Waals surface area contributed by atoms with Crippen LogP contribution < -0.4 is 15.4 Å². The number of rotatable bonds is 7. The van der Waals surface area contributed by atoms with E-state index >= 15 is 0 Å². The molecule has 2 N–H and O–H groups in total. The van der Waals surface area contributed by atoms with E-state index in [1.165, 1.54) is 24.3 Å². The molecule has 0 bridgehead atoms. The molecule has 1 saturated carbocycles. The standard InChI is InChI=1S/C32H22FN5O3.ClH/c33-22-2-4-23(5-3-22)37-30(39)32(13-14-32)31(40)38-24-6-8-26(9-7-24)41-29-12-16-36-28-18-20(1-10-27(28)29)21-11-15-35-25(17-21)19-34;/h1-12,15-18H,13-14H2,(H,37,39)(H,38,40);1H. The highest BCUT2D eigenvalue weighted by molar-refractivity contribution is 6.16. The molecule has 0 radical (unpaired) electrons. The molecule has 0 aliphatic heterocycles. The predicted molar refractivity (Wildman–Crippen MR) is 159 cm³/mol. The number of ether oxygens (including phenoxy) is 1. The van der Waals surface area contributed by atoms with Crippen molar-refractivity contribution in [1.29, 1.82) is 5.26 Å². The van der Waals surface area contributed by atoms with Crippen molar-refractivity contribution in [1.82, 2.24) is 9.97 Å². The first-order valence-electron chi connectivity index (χ1n) is 12.9. The molecule has 0 spiro atoms. The van der Waals surface area contributed by atoms with E-state index in [9.17, 15) is 14.0 Å². The zero-order chi connectivity index (χ0) is 28.4. The second kappa shape index (κ2) is 11.6. The highest BCUT2D eigenvalue weighted by Crippen LogP contribution is 2.47. The lowest BCUT2D eigenvalue weighted by Gasteiger charge is -2.16. The molecule has 3 aromatic carbocycles. The molecule has 208 valence electrons. The summed E-state index contributed by atoms with van der Waals surface area (Å²) in [4.78, 5) is 34.3. The van der Waals surface area contributed by atoms with Gasteiger partial charge in [-0.3, -0.25) is 14.6 Å². The van der Waals surface area contributed by atoms with Crippen molar-refractivity contribution >= 4 is 46.5 Å². The average Bonchev–Trinajstić information content (AvgIpc) is 3.82. The van der Waals surface area contributed by atoms with Gasteiger partial charge >= 0.3 is 0 Å². The molecule has 1 fully saturated rings. The first kappa shape index (κ1) is 28.2. The van der Waals surface area contributed by atoms with Crippen LogP contribution in [0.5, 0.6) is 11.5 Å². The summed E-state index contributed by atoms with van der Waals surface area (Å²) in [6, 6.07) is 25.5. The fourth-order valence-electron chi connectivity index (χ4n) is 4.51. The van der Waals surface area contributed by atoms with Crippen LogP contribution in [-0.2, 0) is 9.59 Å². The lowest BCUT2D eigenvalue weighted by molar-refractivity contribution is -0.131. The molecule has 8 nitrogen and oxygen atoms in total. The van der Waals surface area contributed by atoms with Crippen molar-refractivity contribution in [2.24, 2.45) is 5.41 Å². The number of hydrogen-bond acceptors (Lipinski definition) is 6. The largest absolute Gasteiger partial charge is 0.457 e. The minimum Gasteiger partial charge on any atom is -0.457 e. The van der Waals surface area contributed by atoms with Gasteiger partial charge in [0.2, 0.25) is 11.8 Å². The average molecular weight is 580 g/mol. The Morgan fingerprint density at radius 1 is 0.810 bits per heavy atom. The van der Waals surface area contributed by atoms with Crippen LogP contribution in [0.2, 0.25) is 0 Å². The third-order valence-electron chi connectivity index (χ3n) is 6.97. The lowest BCUT2D eigenvalue weighted by atomic mass is 10.0. The Hall–Kier alpha value is -5.33. The number of benzene rings is 3. The van der Waals surface area contributed by atoms with Gasteiger partial charge in [0, 0.05) is 29.2 Å². The van der Waals surface area contributed by atoms with Gasteiger partial charge in [-0.05, 0) is 103 Å². The third kappa shape index (κ3) is 5.75. The van der Waals surface area contributed by atoms with Gasteiger partial charge < -0.3 is 15.4 Å². The number of carbonyl (C=O) groups is 2. The van der Waals surface area contributed by atoms with E-state index < -0.39 is 23.0 Å². The Morgan fingerprint density at radius 2 is 1.43 bits per heavy atom. The summed E-state index contributed by atoms with van der Waals surface area (Å²) in [7, 11) is 0. The van der Waals surface area contributed by atoms with Crippen LogP contribution in [0.4, 0.5) is 15.8 Å². The fourth-order valence-corrected chi connectivity index (χ4v) is 4.51. The van der Waals surface area contributed by atoms with E-state index in [2.05, 4.69) is 26.7 Å². The van der Waals surface area contributed by atoms with Gasteiger partial charge in [-0.2, -0.15) is 5.26 Å². The number of anilines is 2. The zero-order valence-corrected chi connectivity index (χ0v) is 22.8. The quantitative estimate of drug-likeness (QED) is 0.203. The molecule has 2 aromatic heterocycles. The van der Waals surface area contributed by atoms with Crippen LogP contribution in [0.3, 0.4) is 0 Å². The van der Waals surface area contributed by atoms with Gasteiger partial charge in [0.05, 0.1) is 5.52 Å². The molecule has 1 aliphatic carbocycles. The fraction of sp³-hybridized carbons (Fsp3) is 0.0938. The Kier molecular flexibility index (Phi) is 7.82. The number of nitriles is 1. The van der Waals surface area contributed by atoms with E-state index in [1.807, 2.05) is 24.3 Å². The number of halogens is 2. The van der Waals surface area contributed by atoms with Crippen molar-refractivity contribution in [3.05, 3.63) is 109 Å². The number of amides is 2. The van der Waals surface area contributed by atoms with E-state index in [-0.39, 0.29) is 12.4 Å². The Morgan fingerprint density at radius 3 is 2.07 bits per heavy atom. The molecule has 2 amide bonds. The number of nitrogens with one attached hydrogen (secondary N) is 2. The van der Waals surface area contributed by atoms with E-state index in [4.69, 9.17) is 10.00 Å². The molecule has 10 heteroatoms. The van der Waals surface area contributed by atoms with Crippen LogP contribution in [-0.4, -0.2) is 21.8 Å². The SMILES string of the molecule is Cl.N#Cc1cc(-c2ccc3c(Oc4ccc(NC(=O)C5(C(=O)Nc6ccc(F)cc6)CC5)cc4)ccnc3c2)ccn1. The molecule has 2 heterocycles. The molecule has 42 heavy (non-hydrogen) atoms. The van der Waals surface area contributed by atoms with E-state index in [0.717, 1.165) is 22.0 Å². The maximum absolute atomic E-state index is 13.2. The first-order chi connectivity index (χ1) is 19.9. The molecule has 6 rings (SSSR count). The number of nitrogens with zero attached hydrogens (tertiary/aromatic N) is 3. The molecule has 5 aromatic rings. The first-order valence-corrected chi connectivity index (χ1v) is 12.9. The highest BCUT2D eigenvalue weighted by atomic mass is 35.5. The van der Waals surface area contributed by atoms with Crippen molar-refractivity contribution in [3.63, 3.8) is 0 Å². The van der Waals surface area contributed by atoms with Crippen LogP contribution in [0, 0.1) is 22.6 Å². The van der Waals surface area contributed by atoms with E-state index in [0.29, 0.717) is 41.4 Å². The van der Waals surface area contributed by atoms with E-state index in [1.54, 1.807) is 48.8 Å². The molecule has 0 unspecified atom stereocenters. The summed E-state index contributed by atoms with van der Waals surface area (Å²) >= 11 is 0. The summed E-state index contributed by atoms with van der Waals surface area (Å²) in [5, 5.41) is 15.5. The van der Waals surface area contributed by atoms with Crippen molar-refractivity contribution in [2.75, 3.05) is 10.6 Å². The summed E-state index contributed by atoms with van der Waals surface area (Å²) in [6.45, 7) is 0. The number of aromatic nitrogens is 2. The second-order valence-electron chi connectivity index (χ2n) is 9.71. The second-order valence-corrected chi connectivity index (χ2v) is 9.71. The Labute approximate surface area is 246 Å². The van der Waals surface area contributed by atoms with Crippen LogP contribution in [0.15, 0.2) is 97.3 Å². The van der Waals surface area contributed by atoms with Crippen molar-refractivity contribution in [2.45, 2.75) is 12.8 Å². The summed E-state index contributed by atoms with van der Waals surface area (Å²) < 4.78 is 19.3. The van der Waals surface area contributed by atoms with Gasteiger partial charge in [-0.1, -0.05) is 6.07 Å². The summed E-state index contributed by atoms with van der Waals surface area (Å²) in [6.07, 6.45) is 4.13. The molecule has 0 atom stereocenters. The Bertz CT molecular complexity index is 1830. The molecular weight excluding hydrogens is 557 g/mol. The topological polar surface area (TPSA) is 117 Å². The monoisotopic (exact) mass is 579 g/mol. The number of carbonyl (C=O) groups excluding carboxylic acids is 2. The molecule has 1 aliphatic rings. The summed E-state index contributed by atoms with van der Waals surface area (Å²) in [5.41, 5.74) is 2.65. The van der Waals surface area contributed by atoms with Gasteiger partial charge in [-0.25, -0.2) is 9.37 Å².